The Labute approximate surface area is 160 Å². The first kappa shape index (κ1) is 18.2. The zero-order valence-electron chi connectivity index (χ0n) is 14.5. The zero-order chi connectivity index (χ0) is 18.2. The Balaban J connectivity index is 1.97. The van der Waals surface area contributed by atoms with Crippen molar-refractivity contribution in [3.05, 3.63) is 69.0 Å². The maximum atomic E-state index is 12.1. The summed E-state index contributed by atoms with van der Waals surface area (Å²) in [6, 6.07) is 16.3. The molecule has 2 nitrogen and oxygen atoms in total. The number of hydrogen-bond donors (Lipinski definition) is 1. The highest BCUT2D eigenvalue weighted by molar-refractivity contribution is 9.10. The number of carbonyl (C=O) groups is 1. The Morgan fingerprint density at radius 2 is 1.84 bits per heavy atom. The van der Waals surface area contributed by atoms with Crippen LogP contribution in [0.25, 0.3) is 10.1 Å². The van der Waals surface area contributed by atoms with E-state index in [0.717, 1.165) is 20.3 Å². The van der Waals surface area contributed by atoms with Gasteiger partial charge in [-0.3, -0.25) is 4.79 Å². The van der Waals surface area contributed by atoms with Crippen molar-refractivity contribution in [3.63, 3.8) is 0 Å². The van der Waals surface area contributed by atoms with E-state index in [9.17, 15) is 9.90 Å². The van der Waals surface area contributed by atoms with Gasteiger partial charge in [-0.25, -0.2) is 0 Å². The number of rotatable bonds is 5. The molecule has 0 fully saturated rings. The van der Waals surface area contributed by atoms with Crippen molar-refractivity contribution in [2.45, 2.75) is 38.5 Å². The SMILES string of the molecule is CC(C)c1ccc(C(C)(Cc2cc3cc(Br)ccc3s2)C(=O)O)cc1. The number of hydrogen-bond acceptors (Lipinski definition) is 2. The summed E-state index contributed by atoms with van der Waals surface area (Å²) >= 11 is 5.16. The molecular weight excluding hydrogens is 396 g/mol. The first-order valence-electron chi connectivity index (χ1n) is 8.31. The smallest absolute Gasteiger partial charge is 0.314 e. The minimum atomic E-state index is -0.937. The molecule has 1 atom stereocenters. The molecule has 1 unspecified atom stereocenters. The molecule has 0 saturated heterocycles. The molecule has 0 spiro atoms. The van der Waals surface area contributed by atoms with Crippen LogP contribution >= 0.6 is 27.3 Å². The molecule has 0 radical (unpaired) electrons. The maximum Gasteiger partial charge on any atom is 0.314 e. The van der Waals surface area contributed by atoms with Crippen LogP contribution in [0.1, 0.15) is 42.7 Å². The molecule has 4 heteroatoms. The second-order valence-electron chi connectivity index (χ2n) is 6.99. The van der Waals surface area contributed by atoms with Crippen LogP contribution in [-0.2, 0) is 16.6 Å². The van der Waals surface area contributed by atoms with Gasteiger partial charge in [0.15, 0.2) is 0 Å². The molecule has 2 aromatic carbocycles. The van der Waals surface area contributed by atoms with Crippen LogP contribution in [0, 0.1) is 0 Å². The fourth-order valence-electron chi connectivity index (χ4n) is 3.04. The first-order valence-corrected chi connectivity index (χ1v) is 9.92. The van der Waals surface area contributed by atoms with Gasteiger partial charge >= 0.3 is 5.97 Å². The lowest BCUT2D eigenvalue weighted by atomic mass is 9.78. The van der Waals surface area contributed by atoms with E-state index in [1.807, 2.05) is 37.3 Å². The molecule has 0 aliphatic carbocycles. The number of carboxylic acids is 1. The largest absolute Gasteiger partial charge is 0.481 e. The molecule has 3 rings (SSSR count). The molecule has 1 heterocycles. The lowest BCUT2D eigenvalue weighted by molar-refractivity contribution is -0.143. The van der Waals surface area contributed by atoms with Crippen molar-refractivity contribution in [2.75, 3.05) is 0 Å². The van der Waals surface area contributed by atoms with Crippen molar-refractivity contribution in [1.29, 1.82) is 0 Å². The fourth-order valence-corrected chi connectivity index (χ4v) is 4.62. The van der Waals surface area contributed by atoms with E-state index in [-0.39, 0.29) is 0 Å². The molecular formula is C21H21BrO2S. The van der Waals surface area contributed by atoms with Gasteiger partial charge in [0.05, 0.1) is 5.41 Å². The van der Waals surface area contributed by atoms with Crippen LogP contribution in [-0.4, -0.2) is 11.1 Å². The number of carboxylic acid groups (broad SMARTS) is 1. The molecule has 0 bridgehead atoms. The number of benzene rings is 2. The molecule has 0 aliphatic heterocycles. The van der Waals surface area contributed by atoms with E-state index in [0.29, 0.717) is 12.3 Å². The number of aliphatic carboxylic acids is 1. The van der Waals surface area contributed by atoms with Gasteiger partial charge in [-0.15, -0.1) is 11.3 Å². The van der Waals surface area contributed by atoms with Gasteiger partial charge in [0.1, 0.15) is 0 Å². The standard InChI is InChI=1S/C21H21BrO2S/c1-13(2)14-4-6-16(7-5-14)21(3,20(23)24)12-18-11-15-10-17(22)8-9-19(15)25-18/h4-11,13H,12H2,1-3H3,(H,23,24). The average molecular weight is 417 g/mol. The van der Waals surface area contributed by atoms with Crippen molar-refractivity contribution in [1.82, 2.24) is 0 Å². The summed E-state index contributed by atoms with van der Waals surface area (Å²) in [5.74, 6) is -0.352. The van der Waals surface area contributed by atoms with Crippen LogP contribution in [0.3, 0.4) is 0 Å². The first-order chi connectivity index (χ1) is 11.8. The van der Waals surface area contributed by atoms with Crippen LogP contribution < -0.4 is 0 Å². The highest BCUT2D eigenvalue weighted by Crippen LogP contribution is 2.35. The van der Waals surface area contributed by atoms with Gasteiger partial charge in [-0.05, 0) is 53.6 Å². The van der Waals surface area contributed by atoms with E-state index in [2.05, 4.69) is 48.0 Å². The molecule has 1 N–H and O–H groups in total. The van der Waals surface area contributed by atoms with Gasteiger partial charge in [0.2, 0.25) is 0 Å². The quantitative estimate of drug-likeness (QED) is 0.524. The van der Waals surface area contributed by atoms with Crippen LogP contribution in [0.15, 0.2) is 53.0 Å². The van der Waals surface area contributed by atoms with Crippen molar-refractivity contribution in [3.8, 4) is 0 Å². The second-order valence-corrected chi connectivity index (χ2v) is 9.07. The molecule has 0 amide bonds. The lowest BCUT2D eigenvalue weighted by Crippen LogP contribution is -2.34. The van der Waals surface area contributed by atoms with E-state index in [1.54, 1.807) is 11.3 Å². The van der Waals surface area contributed by atoms with Crippen LogP contribution in [0.4, 0.5) is 0 Å². The summed E-state index contributed by atoms with van der Waals surface area (Å²) in [5.41, 5.74) is 1.14. The summed E-state index contributed by atoms with van der Waals surface area (Å²) in [6.45, 7) is 6.10. The van der Waals surface area contributed by atoms with E-state index in [4.69, 9.17) is 0 Å². The molecule has 1 aromatic heterocycles. The zero-order valence-corrected chi connectivity index (χ0v) is 16.9. The summed E-state index contributed by atoms with van der Waals surface area (Å²) in [7, 11) is 0. The summed E-state index contributed by atoms with van der Waals surface area (Å²) in [5, 5.41) is 11.1. The Hall–Kier alpha value is -1.65. The molecule has 25 heavy (non-hydrogen) atoms. The Bertz CT molecular complexity index is 911. The van der Waals surface area contributed by atoms with Gasteiger partial charge in [-0.1, -0.05) is 54.0 Å². The van der Waals surface area contributed by atoms with E-state index in [1.165, 1.54) is 10.3 Å². The normalized spacial score (nSPS) is 14.0. The van der Waals surface area contributed by atoms with Gasteiger partial charge < -0.3 is 5.11 Å². The molecule has 3 aromatic rings. The third-order valence-electron chi connectivity index (χ3n) is 4.74. The lowest BCUT2D eigenvalue weighted by Gasteiger charge is -2.25. The molecule has 0 aliphatic rings. The van der Waals surface area contributed by atoms with Crippen molar-refractivity contribution < 1.29 is 9.90 Å². The van der Waals surface area contributed by atoms with Gasteiger partial charge in [0.25, 0.3) is 0 Å². The molecule has 0 saturated carbocycles. The third kappa shape index (κ3) is 3.65. The Kier molecular flexibility index (Phi) is 5.03. The van der Waals surface area contributed by atoms with Crippen molar-refractivity contribution in [2.24, 2.45) is 0 Å². The summed E-state index contributed by atoms with van der Waals surface area (Å²) < 4.78 is 2.22. The van der Waals surface area contributed by atoms with E-state index >= 15 is 0 Å². The highest BCUT2D eigenvalue weighted by Gasteiger charge is 2.36. The highest BCUT2D eigenvalue weighted by atomic mass is 79.9. The van der Waals surface area contributed by atoms with Crippen LogP contribution in [0.2, 0.25) is 0 Å². The number of thiophene rings is 1. The topological polar surface area (TPSA) is 37.3 Å². The second kappa shape index (κ2) is 6.93. The van der Waals surface area contributed by atoms with Gasteiger partial charge in [0, 0.05) is 20.5 Å². The summed E-state index contributed by atoms with van der Waals surface area (Å²) in [6.07, 6.45) is 0.486. The predicted molar refractivity (Wildman–Crippen MR) is 109 cm³/mol. The van der Waals surface area contributed by atoms with Crippen molar-refractivity contribution >= 4 is 43.3 Å². The fraction of sp³-hybridized carbons (Fsp3) is 0.286. The Morgan fingerprint density at radius 1 is 1.16 bits per heavy atom. The third-order valence-corrected chi connectivity index (χ3v) is 6.35. The minimum Gasteiger partial charge on any atom is -0.481 e. The van der Waals surface area contributed by atoms with Gasteiger partial charge in [-0.2, -0.15) is 0 Å². The maximum absolute atomic E-state index is 12.1. The minimum absolute atomic E-state index is 0.436. The Morgan fingerprint density at radius 3 is 2.44 bits per heavy atom. The number of fused-ring (bicyclic) bond motifs is 1. The van der Waals surface area contributed by atoms with E-state index < -0.39 is 11.4 Å². The summed E-state index contributed by atoms with van der Waals surface area (Å²) in [4.78, 5) is 13.2. The average Bonchev–Trinajstić information content (AvgIpc) is 2.95. The predicted octanol–water partition coefficient (Wildman–Crippen LogP) is 6.37. The molecule has 130 valence electrons. The number of halogens is 1. The van der Waals surface area contributed by atoms with Crippen LogP contribution in [0.5, 0.6) is 0 Å². The monoisotopic (exact) mass is 416 g/mol.